The molecular formula is C24H24N2O7S. The molecule has 2 aliphatic rings. The maximum atomic E-state index is 12.8. The van der Waals surface area contributed by atoms with E-state index in [0.29, 0.717) is 40.1 Å². The average Bonchev–Trinajstić information content (AvgIpc) is 3.11. The highest BCUT2D eigenvalue weighted by molar-refractivity contribution is 8.18. The zero-order valence-electron chi connectivity index (χ0n) is 18.7. The number of ether oxygens (including phenoxy) is 4. The third kappa shape index (κ3) is 5.12. The molecule has 10 heteroatoms. The number of rotatable bonds is 8. The molecule has 0 spiro atoms. The van der Waals surface area contributed by atoms with Gasteiger partial charge in [-0.05, 0) is 54.6 Å². The Hall–Kier alpha value is -3.66. The first-order valence-corrected chi connectivity index (χ1v) is 11.5. The lowest BCUT2D eigenvalue weighted by molar-refractivity contribution is -0.131. The second-order valence-electron chi connectivity index (χ2n) is 7.33. The summed E-state index contributed by atoms with van der Waals surface area (Å²) in [5.41, 5.74) is 0.703. The normalized spacial score (nSPS) is 18.2. The van der Waals surface area contributed by atoms with E-state index in [0.717, 1.165) is 16.7 Å². The van der Waals surface area contributed by atoms with Crippen LogP contribution in [0.5, 0.6) is 23.0 Å². The summed E-state index contributed by atoms with van der Waals surface area (Å²) < 4.78 is 22.1. The SMILES string of the molecule is CCOc1ccc(/C=C2\SC(=O)N(CCNC(=O)[C@H]3COc4ccccc4O3)C2=O)cc1OC. The van der Waals surface area contributed by atoms with Crippen molar-refractivity contribution in [1.29, 1.82) is 0 Å². The molecule has 0 bridgehead atoms. The molecule has 2 aliphatic heterocycles. The van der Waals surface area contributed by atoms with Crippen LogP contribution >= 0.6 is 11.8 Å². The van der Waals surface area contributed by atoms with E-state index in [1.165, 1.54) is 7.11 Å². The van der Waals surface area contributed by atoms with E-state index in [1.807, 2.05) is 13.0 Å². The maximum absolute atomic E-state index is 12.8. The fraction of sp³-hybridized carbons (Fsp3) is 0.292. The molecular weight excluding hydrogens is 460 g/mol. The molecule has 2 heterocycles. The Morgan fingerprint density at radius 2 is 2.00 bits per heavy atom. The lowest BCUT2D eigenvalue weighted by atomic mass is 10.2. The Morgan fingerprint density at radius 3 is 2.76 bits per heavy atom. The highest BCUT2D eigenvalue weighted by Gasteiger charge is 2.35. The highest BCUT2D eigenvalue weighted by Crippen LogP contribution is 2.34. The van der Waals surface area contributed by atoms with Crippen LogP contribution in [0.1, 0.15) is 12.5 Å². The van der Waals surface area contributed by atoms with E-state index in [9.17, 15) is 14.4 Å². The second-order valence-corrected chi connectivity index (χ2v) is 8.33. The van der Waals surface area contributed by atoms with Crippen molar-refractivity contribution in [3.05, 3.63) is 52.9 Å². The molecule has 3 amide bonds. The summed E-state index contributed by atoms with van der Waals surface area (Å²) in [6.07, 6.45) is 0.825. The molecule has 0 aromatic heterocycles. The van der Waals surface area contributed by atoms with Crippen LogP contribution in [-0.4, -0.2) is 61.5 Å². The Labute approximate surface area is 201 Å². The van der Waals surface area contributed by atoms with Gasteiger partial charge in [-0.2, -0.15) is 0 Å². The molecule has 0 aliphatic carbocycles. The Bertz CT molecular complexity index is 1130. The molecule has 34 heavy (non-hydrogen) atoms. The predicted molar refractivity (Wildman–Crippen MR) is 126 cm³/mol. The Balaban J connectivity index is 1.33. The van der Waals surface area contributed by atoms with Crippen LogP contribution < -0.4 is 24.3 Å². The number of hydrogen-bond acceptors (Lipinski definition) is 8. The molecule has 1 fully saturated rings. The fourth-order valence-corrected chi connectivity index (χ4v) is 4.31. The quantitative estimate of drug-likeness (QED) is 0.570. The van der Waals surface area contributed by atoms with Gasteiger partial charge in [-0.1, -0.05) is 18.2 Å². The van der Waals surface area contributed by atoms with Crippen molar-refractivity contribution in [3.63, 3.8) is 0 Å². The zero-order valence-corrected chi connectivity index (χ0v) is 19.6. The fourth-order valence-electron chi connectivity index (χ4n) is 3.45. The third-order valence-electron chi connectivity index (χ3n) is 5.09. The molecule has 178 valence electrons. The molecule has 1 N–H and O–H groups in total. The van der Waals surface area contributed by atoms with Gasteiger partial charge in [0.1, 0.15) is 6.61 Å². The predicted octanol–water partition coefficient (Wildman–Crippen LogP) is 3.09. The van der Waals surface area contributed by atoms with Gasteiger partial charge in [0.2, 0.25) is 6.10 Å². The number of carbonyl (C=O) groups excluding carboxylic acids is 3. The van der Waals surface area contributed by atoms with Crippen molar-refractivity contribution in [2.45, 2.75) is 13.0 Å². The highest BCUT2D eigenvalue weighted by atomic mass is 32.2. The van der Waals surface area contributed by atoms with Crippen LogP contribution in [-0.2, 0) is 9.59 Å². The standard InChI is InChI=1S/C24H24N2O7S/c1-3-31-17-9-8-15(12-19(17)30-2)13-21-23(28)26(24(29)34-21)11-10-25-22(27)20-14-32-16-6-4-5-7-18(16)33-20/h4-9,12-13,20H,3,10-11,14H2,1-2H3,(H,25,27)/b21-13-/t20-/m1/s1. The van der Waals surface area contributed by atoms with Crippen LogP contribution in [0.4, 0.5) is 4.79 Å². The van der Waals surface area contributed by atoms with E-state index in [-0.39, 0.29) is 25.6 Å². The number of thioether (sulfide) groups is 1. The summed E-state index contributed by atoms with van der Waals surface area (Å²) in [4.78, 5) is 39.0. The van der Waals surface area contributed by atoms with Crippen molar-refractivity contribution in [2.24, 2.45) is 0 Å². The molecule has 9 nitrogen and oxygen atoms in total. The number of para-hydroxylation sites is 2. The molecule has 2 aromatic carbocycles. The zero-order chi connectivity index (χ0) is 24.1. The third-order valence-corrected chi connectivity index (χ3v) is 6.00. The van der Waals surface area contributed by atoms with Crippen molar-refractivity contribution in [3.8, 4) is 23.0 Å². The number of carbonyl (C=O) groups is 3. The van der Waals surface area contributed by atoms with Crippen LogP contribution in [0.25, 0.3) is 6.08 Å². The summed E-state index contributed by atoms with van der Waals surface area (Å²) in [7, 11) is 1.53. The van der Waals surface area contributed by atoms with Crippen molar-refractivity contribution < 1.29 is 33.3 Å². The second kappa shape index (κ2) is 10.5. The van der Waals surface area contributed by atoms with Gasteiger partial charge in [0.05, 0.1) is 18.6 Å². The number of nitrogens with one attached hydrogen (secondary N) is 1. The maximum Gasteiger partial charge on any atom is 0.293 e. The minimum absolute atomic E-state index is 0.0461. The summed E-state index contributed by atoms with van der Waals surface area (Å²) >= 11 is 0.853. The first-order chi connectivity index (χ1) is 16.5. The lowest BCUT2D eigenvalue weighted by Gasteiger charge is -2.25. The Kier molecular flexibility index (Phi) is 7.27. The van der Waals surface area contributed by atoms with E-state index in [4.69, 9.17) is 18.9 Å². The van der Waals surface area contributed by atoms with Crippen LogP contribution in [0.3, 0.4) is 0 Å². The summed E-state index contributed by atoms with van der Waals surface area (Å²) in [5.74, 6) is 1.43. The number of hydrogen-bond donors (Lipinski definition) is 1. The molecule has 4 rings (SSSR count). The van der Waals surface area contributed by atoms with E-state index < -0.39 is 17.3 Å². The minimum atomic E-state index is -0.806. The van der Waals surface area contributed by atoms with Gasteiger partial charge in [0, 0.05) is 13.1 Å². The molecule has 0 unspecified atom stereocenters. The number of amides is 3. The Morgan fingerprint density at radius 1 is 1.21 bits per heavy atom. The average molecular weight is 485 g/mol. The van der Waals surface area contributed by atoms with Crippen molar-refractivity contribution in [1.82, 2.24) is 10.2 Å². The lowest BCUT2D eigenvalue weighted by Crippen LogP contribution is -2.46. The first-order valence-electron chi connectivity index (χ1n) is 10.7. The number of methoxy groups -OCH3 is 1. The smallest absolute Gasteiger partial charge is 0.293 e. The van der Waals surface area contributed by atoms with Gasteiger partial charge in [0.15, 0.2) is 23.0 Å². The van der Waals surface area contributed by atoms with Crippen molar-refractivity contribution >= 4 is 34.9 Å². The minimum Gasteiger partial charge on any atom is -0.493 e. The van der Waals surface area contributed by atoms with E-state index >= 15 is 0 Å². The molecule has 0 radical (unpaired) electrons. The number of fused-ring (bicyclic) bond motifs is 1. The monoisotopic (exact) mass is 484 g/mol. The van der Waals surface area contributed by atoms with Gasteiger partial charge in [0.25, 0.3) is 17.1 Å². The first kappa shape index (κ1) is 23.5. The van der Waals surface area contributed by atoms with E-state index in [2.05, 4.69) is 5.32 Å². The van der Waals surface area contributed by atoms with Gasteiger partial charge in [-0.15, -0.1) is 0 Å². The van der Waals surface area contributed by atoms with Crippen LogP contribution in [0.15, 0.2) is 47.4 Å². The van der Waals surface area contributed by atoms with Gasteiger partial charge < -0.3 is 24.3 Å². The summed E-state index contributed by atoms with van der Waals surface area (Å²) in [6.45, 7) is 2.60. The van der Waals surface area contributed by atoms with Gasteiger partial charge >= 0.3 is 0 Å². The molecule has 2 aromatic rings. The summed E-state index contributed by atoms with van der Waals surface area (Å²) in [6, 6.07) is 12.4. The molecule has 1 saturated heterocycles. The van der Waals surface area contributed by atoms with Crippen LogP contribution in [0.2, 0.25) is 0 Å². The van der Waals surface area contributed by atoms with Crippen molar-refractivity contribution in [2.75, 3.05) is 33.4 Å². The largest absolute Gasteiger partial charge is 0.493 e. The number of nitrogens with zero attached hydrogens (tertiary/aromatic N) is 1. The summed E-state index contributed by atoms with van der Waals surface area (Å²) in [5, 5.41) is 2.31. The van der Waals surface area contributed by atoms with E-state index in [1.54, 1.807) is 42.5 Å². The number of imide groups is 1. The molecule has 1 atom stereocenters. The van der Waals surface area contributed by atoms with Gasteiger partial charge in [-0.3, -0.25) is 19.3 Å². The van der Waals surface area contributed by atoms with Crippen LogP contribution in [0, 0.1) is 0 Å². The topological polar surface area (TPSA) is 103 Å². The van der Waals surface area contributed by atoms with Gasteiger partial charge in [-0.25, -0.2) is 0 Å². The number of benzene rings is 2. The molecule has 0 saturated carbocycles.